The number of aliphatic carboxylic acids is 1. The number of rotatable bonds is 1. The quantitative estimate of drug-likeness (QED) is 0.592. The van der Waals surface area contributed by atoms with E-state index in [4.69, 9.17) is 5.11 Å². The summed E-state index contributed by atoms with van der Waals surface area (Å²) in [7, 11) is 0. The Kier molecular flexibility index (Phi) is 6.33. The molecule has 3 nitrogen and oxygen atoms in total. The zero-order valence-corrected chi connectivity index (χ0v) is 6.36. The monoisotopic (exact) mass is 155 g/mol. The number of carbonyl (C=O) groups is 1. The molecule has 0 aromatic carbocycles. The summed E-state index contributed by atoms with van der Waals surface area (Å²) in [6.45, 7) is -0.278. The van der Waals surface area contributed by atoms with Crippen molar-refractivity contribution in [3.8, 4) is 0 Å². The lowest BCUT2D eigenvalue weighted by atomic mass is 10.2. The highest BCUT2D eigenvalue weighted by molar-refractivity contribution is 5.68. The summed E-state index contributed by atoms with van der Waals surface area (Å²) < 4.78 is 0. The smallest absolute Gasteiger partial charge is 0.317 e. The highest BCUT2D eigenvalue weighted by atomic mass is 16.4. The van der Waals surface area contributed by atoms with E-state index in [1.54, 1.807) is 0 Å². The zero-order chi connectivity index (χ0) is 8.53. The van der Waals surface area contributed by atoms with Crippen molar-refractivity contribution in [1.29, 1.82) is 0 Å². The van der Waals surface area contributed by atoms with Gasteiger partial charge in [-0.3, -0.25) is 4.79 Å². The molecule has 0 aromatic heterocycles. The van der Waals surface area contributed by atoms with E-state index in [-0.39, 0.29) is 6.54 Å². The summed E-state index contributed by atoms with van der Waals surface area (Å²) >= 11 is 0. The second-order valence-corrected chi connectivity index (χ2v) is 2.03. The van der Waals surface area contributed by atoms with Gasteiger partial charge in [-0.25, -0.2) is 0 Å². The number of carboxylic acid groups (broad SMARTS) is 1. The molecule has 0 atom stereocenters. The molecular formula is C8H13NO2. The van der Waals surface area contributed by atoms with Crippen LogP contribution in [0.3, 0.4) is 0 Å². The fraction of sp³-hybridized carbons (Fsp3) is 0.375. The van der Waals surface area contributed by atoms with Gasteiger partial charge in [-0.2, -0.15) is 0 Å². The molecule has 0 fully saturated rings. The Morgan fingerprint density at radius 2 is 1.73 bits per heavy atom. The summed E-state index contributed by atoms with van der Waals surface area (Å²) in [6, 6.07) is 0. The third-order valence-corrected chi connectivity index (χ3v) is 1.06. The third-order valence-electron chi connectivity index (χ3n) is 1.06. The predicted molar refractivity (Wildman–Crippen MR) is 44.2 cm³/mol. The van der Waals surface area contributed by atoms with Crippen molar-refractivity contribution >= 4 is 5.97 Å². The van der Waals surface area contributed by atoms with Crippen molar-refractivity contribution < 1.29 is 9.90 Å². The van der Waals surface area contributed by atoms with Gasteiger partial charge in [-0.15, -0.1) is 0 Å². The molecule has 0 saturated carbocycles. The fourth-order valence-electron chi connectivity index (χ4n) is 0.542. The minimum absolute atomic E-state index is 0.278. The van der Waals surface area contributed by atoms with Crippen molar-refractivity contribution in [3.05, 3.63) is 24.3 Å². The largest absolute Gasteiger partial charge is 0.480 e. The van der Waals surface area contributed by atoms with Crippen LogP contribution in [0, 0.1) is 0 Å². The molecule has 0 spiro atoms. The Bertz CT molecular complexity index is 149. The highest BCUT2D eigenvalue weighted by Crippen LogP contribution is 1.98. The van der Waals surface area contributed by atoms with Crippen LogP contribution in [0.4, 0.5) is 0 Å². The second-order valence-electron chi connectivity index (χ2n) is 2.03. The lowest BCUT2D eigenvalue weighted by Gasteiger charge is -1.88. The molecule has 1 aliphatic carbocycles. The lowest BCUT2D eigenvalue weighted by molar-refractivity contribution is -0.135. The van der Waals surface area contributed by atoms with Gasteiger partial charge >= 0.3 is 5.97 Å². The minimum atomic E-state index is -0.968. The molecule has 3 N–H and O–H groups in total. The van der Waals surface area contributed by atoms with Crippen molar-refractivity contribution in [3.63, 3.8) is 0 Å². The Balaban J connectivity index is 0.000000187. The van der Waals surface area contributed by atoms with Gasteiger partial charge in [0, 0.05) is 0 Å². The van der Waals surface area contributed by atoms with Crippen LogP contribution in [0.2, 0.25) is 0 Å². The molecule has 62 valence electrons. The first-order valence-corrected chi connectivity index (χ1v) is 3.51. The van der Waals surface area contributed by atoms with Gasteiger partial charge in [0.25, 0.3) is 0 Å². The normalized spacial score (nSPS) is 13.5. The van der Waals surface area contributed by atoms with E-state index >= 15 is 0 Å². The van der Waals surface area contributed by atoms with Gasteiger partial charge in [-0.05, 0) is 12.8 Å². The number of nitrogens with two attached hydrogens (primary N) is 1. The van der Waals surface area contributed by atoms with Gasteiger partial charge in [-0.1, -0.05) is 24.3 Å². The summed E-state index contributed by atoms with van der Waals surface area (Å²) in [4.78, 5) is 9.24. The average molecular weight is 155 g/mol. The fourth-order valence-corrected chi connectivity index (χ4v) is 0.542. The molecule has 1 aliphatic rings. The maximum atomic E-state index is 9.24. The SMILES string of the molecule is C1=CCCC=C1.NCC(=O)O. The highest BCUT2D eigenvalue weighted by Gasteiger charge is 1.81. The van der Waals surface area contributed by atoms with E-state index in [1.165, 1.54) is 12.8 Å². The van der Waals surface area contributed by atoms with Gasteiger partial charge < -0.3 is 10.8 Å². The van der Waals surface area contributed by atoms with E-state index in [9.17, 15) is 4.79 Å². The van der Waals surface area contributed by atoms with Crippen molar-refractivity contribution in [2.75, 3.05) is 6.54 Å². The van der Waals surface area contributed by atoms with Crippen LogP contribution in [0.15, 0.2) is 24.3 Å². The summed E-state index contributed by atoms with van der Waals surface area (Å²) in [6.07, 6.45) is 11.0. The van der Waals surface area contributed by atoms with E-state index in [2.05, 4.69) is 30.0 Å². The van der Waals surface area contributed by atoms with E-state index in [0.717, 1.165) is 0 Å². The molecule has 3 heteroatoms. The Hall–Kier alpha value is -1.09. The molecule has 0 aromatic rings. The molecule has 0 bridgehead atoms. The minimum Gasteiger partial charge on any atom is -0.480 e. The number of hydrogen-bond acceptors (Lipinski definition) is 2. The van der Waals surface area contributed by atoms with Crippen molar-refractivity contribution in [2.24, 2.45) is 5.73 Å². The molecular weight excluding hydrogens is 142 g/mol. The van der Waals surface area contributed by atoms with E-state index < -0.39 is 5.97 Å². The van der Waals surface area contributed by atoms with Gasteiger partial charge in [0.1, 0.15) is 0 Å². The molecule has 0 amide bonds. The van der Waals surface area contributed by atoms with Crippen LogP contribution in [-0.4, -0.2) is 17.6 Å². The average Bonchev–Trinajstić information content (AvgIpc) is 2.09. The van der Waals surface area contributed by atoms with Crippen molar-refractivity contribution in [1.82, 2.24) is 0 Å². The maximum absolute atomic E-state index is 9.24. The van der Waals surface area contributed by atoms with Gasteiger partial charge in [0.05, 0.1) is 6.54 Å². The Morgan fingerprint density at radius 3 is 1.82 bits per heavy atom. The molecule has 0 radical (unpaired) electrons. The zero-order valence-electron chi connectivity index (χ0n) is 6.36. The maximum Gasteiger partial charge on any atom is 0.317 e. The van der Waals surface area contributed by atoms with Crippen LogP contribution in [-0.2, 0) is 4.79 Å². The topological polar surface area (TPSA) is 63.3 Å². The van der Waals surface area contributed by atoms with Crippen LogP contribution in [0.5, 0.6) is 0 Å². The summed E-state index contributed by atoms with van der Waals surface area (Å²) in [5.41, 5.74) is 4.57. The molecule has 0 aliphatic heterocycles. The van der Waals surface area contributed by atoms with Crippen LogP contribution in [0.1, 0.15) is 12.8 Å². The van der Waals surface area contributed by atoms with E-state index in [0.29, 0.717) is 0 Å². The molecule has 11 heavy (non-hydrogen) atoms. The molecule has 1 rings (SSSR count). The number of carboxylic acids is 1. The standard InChI is InChI=1S/C6H8.C2H5NO2/c1-2-4-6-5-3-1;3-1-2(4)5/h1-4H,5-6H2;1,3H2,(H,4,5). The molecule has 0 unspecified atom stereocenters. The first-order chi connectivity index (χ1) is 5.27. The second kappa shape index (κ2) is 7.02. The Morgan fingerprint density at radius 1 is 1.36 bits per heavy atom. The summed E-state index contributed by atoms with van der Waals surface area (Å²) in [5, 5.41) is 7.60. The third kappa shape index (κ3) is 8.91. The van der Waals surface area contributed by atoms with Gasteiger partial charge in [0.15, 0.2) is 0 Å². The molecule has 0 heterocycles. The lowest BCUT2D eigenvalue weighted by Crippen LogP contribution is -2.10. The predicted octanol–water partition coefficient (Wildman–Crippen LogP) is 0.922. The molecule has 0 saturated heterocycles. The van der Waals surface area contributed by atoms with Crippen molar-refractivity contribution in [2.45, 2.75) is 12.8 Å². The first-order valence-electron chi connectivity index (χ1n) is 3.51. The van der Waals surface area contributed by atoms with Crippen LogP contribution in [0.25, 0.3) is 0 Å². The van der Waals surface area contributed by atoms with E-state index in [1.807, 2.05) is 0 Å². The number of hydrogen-bond donors (Lipinski definition) is 2. The van der Waals surface area contributed by atoms with Crippen LogP contribution >= 0.6 is 0 Å². The summed E-state index contributed by atoms with van der Waals surface area (Å²) in [5.74, 6) is -0.968. The van der Waals surface area contributed by atoms with Gasteiger partial charge in [0.2, 0.25) is 0 Å². The number of allylic oxidation sites excluding steroid dienone is 4. The first kappa shape index (κ1) is 9.91. The Labute approximate surface area is 66.2 Å². The van der Waals surface area contributed by atoms with Crippen LogP contribution < -0.4 is 5.73 Å².